The summed E-state index contributed by atoms with van der Waals surface area (Å²) in [5.74, 6) is -1.29. The van der Waals surface area contributed by atoms with Crippen molar-refractivity contribution in [2.75, 3.05) is 0 Å². The summed E-state index contributed by atoms with van der Waals surface area (Å²) >= 11 is 0. The molecule has 1 heterocycles. The third-order valence-corrected chi connectivity index (χ3v) is 3.66. The Morgan fingerprint density at radius 3 is 2.00 bits per heavy atom. The van der Waals surface area contributed by atoms with Gasteiger partial charge in [0.1, 0.15) is 11.8 Å². The fraction of sp³-hybridized carbons (Fsp3) is 0.105. The first kappa shape index (κ1) is 15.7. The molecule has 0 saturated heterocycles. The molecule has 2 aromatic carbocycles. The van der Waals surface area contributed by atoms with E-state index in [9.17, 15) is 14.4 Å². The zero-order valence-electron chi connectivity index (χ0n) is 12.8. The van der Waals surface area contributed by atoms with E-state index in [1.165, 1.54) is 0 Å². The average molecular weight is 321 g/mol. The normalized spacial score (nSPS) is 14.8. The molecule has 5 heteroatoms. The molecule has 0 aromatic heterocycles. The van der Waals surface area contributed by atoms with Gasteiger partial charge in [0.05, 0.1) is 0 Å². The van der Waals surface area contributed by atoms with Crippen LogP contribution in [0.4, 0.5) is 0 Å². The molecule has 0 bridgehead atoms. The highest BCUT2D eigenvalue weighted by atomic mass is 16.5. The minimum absolute atomic E-state index is 0.200. The first-order valence-corrected chi connectivity index (χ1v) is 7.51. The fourth-order valence-corrected chi connectivity index (χ4v) is 2.51. The van der Waals surface area contributed by atoms with Gasteiger partial charge in [0, 0.05) is 18.6 Å². The smallest absolute Gasteiger partial charge is 0.335 e. The van der Waals surface area contributed by atoms with Crippen molar-refractivity contribution in [3.63, 3.8) is 0 Å². The third-order valence-electron chi connectivity index (χ3n) is 3.66. The third kappa shape index (κ3) is 3.41. The number of para-hydroxylation sites is 1. The molecule has 2 aromatic rings. The monoisotopic (exact) mass is 321 g/mol. The van der Waals surface area contributed by atoms with Gasteiger partial charge in [-0.2, -0.15) is 0 Å². The Labute approximate surface area is 139 Å². The van der Waals surface area contributed by atoms with E-state index < -0.39 is 23.8 Å². The lowest BCUT2D eigenvalue weighted by Crippen LogP contribution is -2.48. The lowest BCUT2D eigenvalue weighted by molar-refractivity contribution is -0.151. The van der Waals surface area contributed by atoms with Crippen molar-refractivity contribution < 1.29 is 19.1 Å². The Balaban J connectivity index is 1.85. The van der Waals surface area contributed by atoms with Gasteiger partial charge < -0.3 is 4.74 Å². The zero-order chi connectivity index (χ0) is 16.9. The van der Waals surface area contributed by atoms with Crippen molar-refractivity contribution in [3.8, 4) is 5.75 Å². The maximum absolute atomic E-state index is 12.6. The van der Waals surface area contributed by atoms with Crippen molar-refractivity contribution in [3.05, 3.63) is 78.4 Å². The molecule has 0 aliphatic carbocycles. The minimum Gasteiger partial charge on any atom is -0.425 e. The van der Waals surface area contributed by atoms with Crippen molar-refractivity contribution in [1.29, 1.82) is 0 Å². The summed E-state index contributed by atoms with van der Waals surface area (Å²) in [6, 6.07) is 16.7. The van der Waals surface area contributed by atoms with Crippen LogP contribution in [0.2, 0.25) is 0 Å². The summed E-state index contributed by atoms with van der Waals surface area (Å²) in [4.78, 5) is 37.5. The first-order valence-electron chi connectivity index (χ1n) is 7.51. The van der Waals surface area contributed by atoms with Gasteiger partial charge >= 0.3 is 5.97 Å². The summed E-state index contributed by atoms with van der Waals surface area (Å²) in [7, 11) is 0. The molecule has 1 aliphatic rings. The largest absolute Gasteiger partial charge is 0.425 e. The highest BCUT2D eigenvalue weighted by Crippen LogP contribution is 2.18. The van der Waals surface area contributed by atoms with Crippen LogP contribution in [-0.2, 0) is 20.8 Å². The van der Waals surface area contributed by atoms with Crippen LogP contribution in [0.15, 0.2) is 72.8 Å². The van der Waals surface area contributed by atoms with Gasteiger partial charge in [0.25, 0.3) is 11.8 Å². The van der Waals surface area contributed by atoms with Crippen LogP contribution in [0.25, 0.3) is 0 Å². The van der Waals surface area contributed by atoms with E-state index in [1.807, 2.05) is 30.3 Å². The average Bonchev–Trinajstić information content (AvgIpc) is 2.93. The van der Waals surface area contributed by atoms with Crippen LogP contribution in [0.5, 0.6) is 5.75 Å². The second-order valence-corrected chi connectivity index (χ2v) is 5.32. The van der Waals surface area contributed by atoms with Crippen LogP contribution < -0.4 is 4.74 Å². The Bertz CT molecular complexity index is 766. The first-order chi connectivity index (χ1) is 11.6. The Kier molecular flexibility index (Phi) is 4.52. The molecule has 120 valence electrons. The number of benzene rings is 2. The van der Waals surface area contributed by atoms with Crippen molar-refractivity contribution in [2.24, 2.45) is 0 Å². The maximum Gasteiger partial charge on any atom is 0.335 e. The van der Waals surface area contributed by atoms with E-state index in [0.717, 1.165) is 22.6 Å². The SMILES string of the molecule is O=C(Oc1ccccc1)C(Cc1ccccc1)N1C(=O)C=CC1=O. The van der Waals surface area contributed by atoms with E-state index in [-0.39, 0.29) is 6.42 Å². The van der Waals surface area contributed by atoms with Crippen LogP contribution >= 0.6 is 0 Å². The molecule has 1 aliphatic heterocycles. The van der Waals surface area contributed by atoms with E-state index in [0.29, 0.717) is 5.75 Å². The molecular weight excluding hydrogens is 306 g/mol. The molecule has 0 spiro atoms. The molecule has 0 radical (unpaired) electrons. The van der Waals surface area contributed by atoms with Gasteiger partial charge in [-0.25, -0.2) is 4.79 Å². The highest BCUT2D eigenvalue weighted by Gasteiger charge is 2.37. The van der Waals surface area contributed by atoms with Gasteiger partial charge in [-0.1, -0.05) is 48.5 Å². The number of imide groups is 1. The number of esters is 1. The number of rotatable bonds is 5. The highest BCUT2D eigenvalue weighted by molar-refractivity contribution is 6.14. The number of hydrogen-bond donors (Lipinski definition) is 0. The molecule has 2 amide bonds. The predicted molar refractivity (Wildman–Crippen MR) is 87.0 cm³/mol. The number of nitrogens with zero attached hydrogens (tertiary/aromatic N) is 1. The Morgan fingerprint density at radius 1 is 0.875 bits per heavy atom. The molecule has 1 unspecified atom stereocenters. The van der Waals surface area contributed by atoms with Crippen molar-refractivity contribution in [2.45, 2.75) is 12.5 Å². The number of amides is 2. The minimum atomic E-state index is -1.01. The van der Waals surface area contributed by atoms with Crippen LogP contribution in [0.1, 0.15) is 5.56 Å². The lowest BCUT2D eigenvalue weighted by Gasteiger charge is -2.24. The van der Waals surface area contributed by atoms with Crippen LogP contribution in [0.3, 0.4) is 0 Å². The van der Waals surface area contributed by atoms with E-state index in [1.54, 1.807) is 30.3 Å². The standard InChI is InChI=1S/C19H15NO4/c21-17-11-12-18(22)20(17)16(13-14-7-3-1-4-8-14)19(23)24-15-9-5-2-6-10-15/h1-12,16H,13H2. The van der Waals surface area contributed by atoms with E-state index >= 15 is 0 Å². The molecule has 5 nitrogen and oxygen atoms in total. The fourth-order valence-electron chi connectivity index (χ4n) is 2.51. The van der Waals surface area contributed by atoms with Gasteiger partial charge in [-0.05, 0) is 17.7 Å². The van der Waals surface area contributed by atoms with Crippen LogP contribution in [0, 0.1) is 0 Å². The van der Waals surface area contributed by atoms with Crippen molar-refractivity contribution in [1.82, 2.24) is 4.90 Å². The summed E-state index contributed by atoms with van der Waals surface area (Å²) in [5, 5.41) is 0. The van der Waals surface area contributed by atoms with E-state index in [4.69, 9.17) is 4.74 Å². The number of carbonyl (C=O) groups excluding carboxylic acids is 3. The van der Waals surface area contributed by atoms with Crippen LogP contribution in [-0.4, -0.2) is 28.7 Å². The topological polar surface area (TPSA) is 63.7 Å². The zero-order valence-corrected chi connectivity index (χ0v) is 12.8. The van der Waals surface area contributed by atoms with Crippen molar-refractivity contribution >= 4 is 17.8 Å². The summed E-state index contributed by atoms with van der Waals surface area (Å²) in [6.45, 7) is 0. The van der Waals surface area contributed by atoms with Gasteiger partial charge in [-0.15, -0.1) is 0 Å². The Morgan fingerprint density at radius 2 is 1.42 bits per heavy atom. The lowest BCUT2D eigenvalue weighted by atomic mass is 10.0. The van der Waals surface area contributed by atoms with Gasteiger partial charge in [0.15, 0.2) is 0 Å². The number of ether oxygens (including phenoxy) is 1. The molecule has 0 fully saturated rings. The Hall–Kier alpha value is -3.21. The molecule has 0 N–H and O–H groups in total. The maximum atomic E-state index is 12.6. The molecule has 1 atom stereocenters. The summed E-state index contributed by atoms with van der Waals surface area (Å²) in [5.41, 5.74) is 0.833. The summed E-state index contributed by atoms with van der Waals surface area (Å²) < 4.78 is 5.34. The second kappa shape index (κ2) is 6.91. The molecule has 0 saturated carbocycles. The quantitative estimate of drug-likeness (QED) is 0.481. The van der Waals surface area contributed by atoms with Gasteiger partial charge in [-0.3, -0.25) is 14.5 Å². The predicted octanol–water partition coefficient (Wildman–Crippen LogP) is 2.13. The van der Waals surface area contributed by atoms with E-state index in [2.05, 4.69) is 0 Å². The molecule has 3 rings (SSSR count). The second-order valence-electron chi connectivity index (χ2n) is 5.32. The number of carbonyl (C=O) groups is 3. The molecule has 24 heavy (non-hydrogen) atoms. The van der Waals surface area contributed by atoms with Gasteiger partial charge in [0.2, 0.25) is 0 Å². The summed E-state index contributed by atoms with van der Waals surface area (Å²) in [6.07, 6.45) is 2.53. The molecular formula is C19H15NO4. The number of hydrogen-bond acceptors (Lipinski definition) is 4.